The van der Waals surface area contributed by atoms with Gasteiger partial charge in [-0.05, 0) is 64.7 Å². The van der Waals surface area contributed by atoms with Crippen molar-refractivity contribution in [3.63, 3.8) is 0 Å². The van der Waals surface area contributed by atoms with Gasteiger partial charge in [-0.1, -0.05) is 19.4 Å². The van der Waals surface area contributed by atoms with E-state index in [1.165, 1.54) is 11.1 Å². The van der Waals surface area contributed by atoms with Gasteiger partial charge in [-0.3, -0.25) is 0 Å². The SMILES string of the molecule is CCCCn1c([C@@H]2CCCN(C(=O)OC(C)(C)C)C2)nc2cc(C)ccc21. The quantitative estimate of drug-likeness (QED) is 0.736. The maximum absolute atomic E-state index is 12.5. The Labute approximate surface area is 162 Å². The maximum Gasteiger partial charge on any atom is 0.410 e. The van der Waals surface area contributed by atoms with E-state index in [9.17, 15) is 4.79 Å². The molecule has 1 aromatic carbocycles. The lowest BCUT2D eigenvalue weighted by molar-refractivity contribution is 0.0195. The summed E-state index contributed by atoms with van der Waals surface area (Å²) in [6.07, 6.45) is 4.13. The zero-order valence-electron chi connectivity index (χ0n) is 17.4. The Bertz CT molecular complexity index is 804. The van der Waals surface area contributed by atoms with Gasteiger partial charge in [-0.25, -0.2) is 9.78 Å². The van der Waals surface area contributed by atoms with Crippen molar-refractivity contribution in [2.75, 3.05) is 13.1 Å². The molecule has 1 aromatic heterocycles. The lowest BCUT2D eigenvalue weighted by Crippen LogP contribution is -2.42. The van der Waals surface area contributed by atoms with Gasteiger partial charge in [0.15, 0.2) is 0 Å². The lowest BCUT2D eigenvalue weighted by atomic mass is 9.97. The molecule has 5 nitrogen and oxygen atoms in total. The van der Waals surface area contributed by atoms with Crippen LogP contribution >= 0.6 is 0 Å². The van der Waals surface area contributed by atoms with Crippen LogP contribution < -0.4 is 0 Å². The first kappa shape index (κ1) is 19.7. The number of benzene rings is 1. The number of rotatable bonds is 4. The average Bonchev–Trinajstić information content (AvgIpc) is 2.96. The number of imidazole rings is 1. The summed E-state index contributed by atoms with van der Waals surface area (Å²) in [5.41, 5.74) is 3.04. The van der Waals surface area contributed by atoms with Gasteiger partial charge in [-0.15, -0.1) is 0 Å². The third-order valence-electron chi connectivity index (χ3n) is 5.11. The van der Waals surface area contributed by atoms with Crippen LogP contribution in [0.2, 0.25) is 0 Å². The zero-order chi connectivity index (χ0) is 19.6. The molecule has 1 saturated heterocycles. The number of hydrogen-bond donors (Lipinski definition) is 0. The normalized spacial score (nSPS) is 18.1. The molecule has 0 saturated carbocycles. The van der Waals surface area contributed by atoms with Gasteiger partial charge >= 0.3 is 6.09 Å². The van der Waals surface area contributed by atoms with Crippen molar-refractivity contribution < 1.29 is 9.53 Å². The predicted molar refractivity (Wildman–Crippen MR) is 109 cm³/mol. The van der Waals surface area contributed by atoms with Gasteiger partial charge in [0.25, 0.3) is 0 Å². The van der Waals surface area contributed by atoms with E-state index in [2.05, 4.69) is 36.6 Å². The van der Waals surface area contributed by atoms with Gasteiger partial charge in [0.05, 0.1) is 11.0 Å². The smallest absolute Gasteiger partial charge is 0.410 e. The molecule has 1 fully saturated rings. The molecule has 5 heteroatoms. The standard InChI is InChI=1S/C22H33N3O2/c1-6-7-13-25-19-11-10-16(2)14-18(19)23-20(25)17-9-8-12-24(15-17)21(26)27-22(3,4)5/h10-11,14,17H,6-9,12-13,15H2,1-5H3/t17-/m1/s1. The Morgan fingerprint density at radius 2 is 2.11 bits per heavy atom. The van der Waals surface area contributed by atoms with Crippen LogP contribution in [0.15, 0.2) is 18.2 Å². The van der Waals surface area contributed by atoms with E-state index >= 15 is 0 Å². The monoisotopic (exact) mass is 371 g/mol. The van der Waals surface area contributed by atoms with E-state index in [4.69, 9.17) is 9.72 Å². The largest absolute Gasteiger partial charge is 0.444 e. The summed E-state index contributed by atoms with van der Waals surface area (Å²) in [7, 11) is 0. The Morgan fingerprint density at radius 1 is 1.33 bits per heavy atom. The number of unbranched alkanes of at least 4 members (excludes halogenated alkanes) is 1. The highest BCUT2D eigenvalue weighted by atomic mass is 16.6. The molecule has 1 atom stereocenters. The van der Waals surface area contributed by atoms with Crippen LogP contribution in [0.5, 0.6) is 0 Å². The Morgan fingerprint density at radius 3 is 2.81 bits per heavy atom. The molecule has 2 aromatic rings. The predicted octanol–water partition coefficient (Wildman–Crippen LogP) is 5.26. The summed E-state index contributed by atoms with van der Waals surface area (Å²) >= 11 is 0. The molecule has 1 aliphatic rings. The molecule has 1 amide bonds. The topological polar surface area (TPSA) is 47.4 Å². The van der Waals surface area contributed by atoms with E-state index in [1.54, 1.807) is 0 Å². The third kappa shape index (κ3) is 4.63. The highest BCUT2D eigenvalue weighted by molar-refractivity contribution is 5.77. The van der Waals surface area contributed by atoms with Gasteiger partial charge < -0.3 is 14.2 Å². The van der Waals surface area contributed by atoms with Crippen molar-refractivity contribution in [2.45, 2.75) is 78.4 Å². The lowest BCUT2D eigenvalue weighted by Gasteiger charge is -2.34. The summed E-state index contributed by atoms with van der Waals surface area (Å²) < 4.78 is 7.97. The molecular formula is C22H33N3O2. The van der Waals surface area contributed by atoms with Crippen LogP contribution in [0.1, 0.15) is 70.7 Å². The molecular weight excluding hydrogens is 338 g/mol. The summed E-state index contributed by atoms with van der Waals surface area (Å²) in [4.78, 5) is 19.4. The number of nitrogens with zero attached hydrogens (tertiary/aromatic N) is 3. The van der Waals surface area contributed by atoms with E-state index in [0.29, 0.717) is 6.54 Å². The van der Waals surface area contributed by atoms with Crippen LogP contribution in [0.3, 0.4) is 0 Å². The number of hydrogen-bond acceptors (Lipinski definition) is 3. The molecule has 2 heterocycles. The summed E-state index contributed by atoms with van der Waals surface area (Å²) in [6, 6.07) is 6.51. The van der Waals surface area contributed by atoms with Crippen molar-refractivity contribution in [2.24, 2.45) is 0 Å². The van der Waals surface area contributed by atoms with E-state index in [-0.39, 0.29) is 12.0 Å². The Balaban J connectivity index is 1.88. The number of carbonyl (C=O) groups is 1. The first-order valence-corrected chi connectivity index (χ1v) is 10.2. The highest BCUT2D eigenvalue weighted by Gasteiger charge is 2.31. The van der Waals surface area contributed by atoms with E-state index in [1.807, 2.05) is 25.7 Å². The molecule has 0 aliphatic carbocycles. The van der Waals surface area contributed by atoms with Crippen LogP contribution in [-0.2, 0) is 11.3 Å². The van der Waals surface area contributed by atoms with Crippen LogP contribution in [-0.4, -0.2) is 39.2 Å². The van der Waals surface area contributed by atoms with Gasteiger partial charge in [0.1, 0.15) is 11.4 Å². The fraction of sp³-hybridized carbons (Fsp3) is 0.636. The van der Waals surface area contributed by atoms with Crippen molar-refractivity contribution in [1.82, 2.24) is 14.5 Å². The number of aromatic nitrogens is 2. The fourth-order valence-electron chi connectivity index (χ4n) is 3.80. The van der Waals surface area contributed by atoms with Crippen LogP contribution in [0.25, 0.3) is 11.0 Å². The Kier molecular flexibility index (Phi) is 5.78. The second-order valence-electron chi connectivity index (χ2n) is 8.73. The van der Waals surface area contributed by atoms with Crippen molar-refractivity contribution >= 4 is 17.1 Å². The van der Waals surface area contributed by atoms with E-state index < -0.39 is 5.60 Å². The van der Waals surface area contributed by atoms with Crippen LogP contribution in [0, 0.1) is 6.92 Å². The molecule has 148 valence electrons. The van der Waals surface area contributed by atoms with Crippen molar-refractivity contribution in [3.05, 3.63) is 29.6 Å². The molecule has 0 spiro atoms. The van der Waals surface area contributed by atoms with Crippen molar-refractivity contribution in [3.8, 4) is 0 Å². The molecule has 1 aliphatic heterocycles. The minimum atomic E-state index is -0.462. The summed E-state index contributed by atoms with van der Waals surface area (Å²) in [5.74, 6) is 1.38. The zero-order valence-corrected chi connectivity index (χ0v) is 17.4. The van der Waals surface area contributed by atoms with Crippen molar-refractivity contribution in [1.29, 1.82) is 0 Å². The fourth-order valence-corrected chi connectivity index (χ4v) is 3.80. The first-order valence-electron chi connectivity index (χ1n) is 10.2. The highest BCUT2D eigenvalue weighted by Crippen LogP contribution is 2.30. The first-order chi connectivity index (χ1) is 12.8. The summed E-state index contributed by atoms with van der Waals surface area (Å²) in [6.45, 7) is 12.5. The number of amides is 1. The molecule has 0 radical (unpaired) electrons. The molecule has 0 bridgehead atoms. The average molecular weight is 372 g/mol. The number of piperidine rings is 1. The van der Waals surface area contributed by atoms with Gasteiger partial charge in [0, 0.05) is 25.6 Å². The van der Waals surface area contributed by atoms with Gasteiger partial charge in [-0.2, -0.15) is 0 Å². The maximum atomic E-state index is 12.5. The number of ether oxygens (including phenoxy) is 1. The second kappa shape index (κ2) is 7.91. The number of carbonyl (C=O) groups excluding carboxylic acids is 1. The molecule has 3 rings (SSSR count). The molecule has 0 N–H and O–H groups in total. The van der Waals surface area contributed by atoms with E-state index in [0.717, 1.165) is 50.1 Å². The second-order valence-corrected chi connectivity index (χ2v) is 8.73. The van der Waals surface area contributed by atoms with Crippen LogP contribution in [0.4, 0.5) is 4.79 Å². The number of likely N-dealkylation sites (tertiary alicyclic amines) is 1. The Hall–Kier alpha value is -2.04. The number of fused-ring (bicyclic) bond motifs is 1. The minimum absolute atomic E-state index is 0.209. The summed E-state index contributed by atoms with van der Waals surface area (Å²) in [5, 5.41) is 0. The molecule has 27 heavy (non-hydrogen) atoms. The minimum Gasteiger partial charge on any atom is -0.444 e. The number of aryl methyl sites for hydroxylation is 2. The third-order valence-corrected chi connectivity index (χ3v) is 5.11. The molecule has 0 unspecified atom stereocenters. The van der Waals surface area contributed by atoms with Gasteiger partial charge in [0.2, 0.25) is 0 Å².